The first-order chi connectivity index (χ1) is 11.5. The van der Waals surface area contributed by atoms with Crippen molar-refractivity contribution in [2.24, 2.45) is 0 Å². The van der Waals surface area contributed by atoms with E-state index in [0.29, 0.717) is 5.69 Å². The third-order valence-corrected chi connectivity index (χ3v) is 5.03. The number of ether oxygens (including phenoxy) is 1. The molecule has 0 aliphatic rings. The number of hydrogen-bond donors (Lipinski definition) is 1. The van der Waals surface area contributed by atoms with E-state index in [-0.39, 0.29) is 21.7 Å². The highest BCUT2D eigenvalue weighted by molar-refractivity contribution is 7.92. The smallest absolute Gasteiger partial charge is 0.271 e. The van der Waals surface area contributed by atoms with E-state index in [2.05, 4.69) is 4.72 Å². The summed E-state index contributed by atoms with van der Waals surface area (Å²) in [5.41, 5.74) is 0.856. The van der Waals surface area contributed by atoms with Gasteiger partial charge in [-0.15, -0.1) is 0 Å². The molecule has 134 valence electrons. The summed E-state index contributed by atoms with van der Waals surface area (Å²) in [6.45, 7) is 6.05. The zero-order valence-electron chi connectivity index (χ0n) is 14.4. The van der Waals surface area contributed by atoms with Crippen molar-refractivity contribution in [3.8, 4) is 5.75 Å². The molecule has 2 rings (SSSR count). The largest absolute Gasteiger partial charge is 0.495 e. The minimum Gasteiger partial charge on any atom is -0.495 e. The summed E-state index contributed by atoms with van der Waals surface area (Å²) in [6, 6.07) is 10.5. The maximum Gasteiger partial charge on any atom is 0.271 e. The lowest BCUT2D eigenvalue weighted by Gasteiger charge is -2.20. The normalized spacial score (nSPS) is 11.8. The van der Waals surface area contributed by atoms with E-state index >= 15 is 0 Å². The highest BCUT2D eigenvalue weighted by atomic mass is 32.2. The van der Waals surface area contributed by atoms with Crippen LogP contribution < -0.4 is 9.46 Å². The van der Waals surface area contributed by atoms with Crippen LogP contribution >= 0.6 is 0 Å². The van der Waals surface area contributed by atoms with Crippen LogP contribution in [-0.2, 0) is 15.4 Å². The number of sulfonamides is 1. The Kier molecular flexibility index (Phi) is 5.03. The Hall–Kier alpha value is -2.61. The molecule has 0 unspecified atom stereocenters. The molecule has 0 heterocycles. The summed E-state index contributed by atoms with van der Waals surface area (Å²) in [6.07, 6.45) is 0. The van der Waals surface area contributed by atoms with Crippen LogP contribution in [0.4, 0.5) is 11.4 Å². The Morgan fingerprint density at radius 3 is 2.36 bits per heavy atom. The Balaban J connectivity index is 2.46. The minimum atomic E-state index is -4.05. The molecule has 0 saturated heterocycles. The Morgan fingerprint density at radius 2 is 1.80 bits per heavy atom. The van der Waals surface area contributed by atoms with E-state index in [1.165, 1.54) is 19.2 Å². The maximum atomic E-state index is 12.7. The van der Waals surface area contributed by atoms with Gasteiger partial charge >= 0.3 is 0 Å². The molecule has 0 amide bonds. The zero-order valence-corrected chi connectivity index (χ0v) is 15.3. The molecule has 0 atom stereocenters. The van der Waals surface area contributed by atoms with E-state index in [9.17, 15) is 18.5 Å². The van der Waals surface area contributed by atoms with Crippen molar-refractivity contribution in [3.05, 3.63) is 58.1 Å². The lowest BCUT2D eigenvalue weighted by molar-refractivity contribution is -0.385. The first-order valence-electron chi connectivity index (χ1n) is 7.50. The van der Waals surface area contributed by atoms with Gasteiger partial charge in [-0.05, 0) is 29.2 Å². The fourth-order valence-electron chi connectivity index (χ4n) is 2.25. The van der Waals surface area contributed by atoms with Gasteiger partial charge in [0.05, 0.1) is 12.0 Å². The van der Waals surface area contributed by atoms with Crippen LogP contribution in [0.1, 0.15) is 26.3 Å². The van der Waals surface area contributed by atoms with Crippen LogP contribution in [-0.4, -0.2) is 20.5 Å². The standard InChI is InChI=1S/C17H20N2O5S/c1-17(2,3)12-6-5-7-13(10-12)18-25(22,23)16-11-14(19(20)21)8-9-15(16)24-4/h5-11,18H,1-4H3. The molecule has 25 heavy (non-hydrogen) atoms. The van der Waals surface area contributed by atoms with Crippen molar-refractivity contribution in [2.45, 2.75) is 31.1 Å². The quantitative estimate of drug-likeness (QED) is 0.644. The Bertz CT molecular complexity index is 901. The highest BCUT2D eigenvalue weighted by Crippen LogP contribution is 2.31. The topological polar surface area (TPSA) is 98.5 Å². The Labute approximate surface area is 146 Å². The lowest BCUT2D eigenvalue weighted by Crippen LogP contribution is -2.16. The van der Waals surface area contributed by atoms with E-state index in [1.807, 2.05) is 26.8 Å². The van der Waals surface area contributed by atoms with Gasteiger partial charge in [-0.1, -0.05) is 32.9 Å². The minimum absolute atomic E-state index is 0.0325. The number of non-ortho nitro benzene ring substituents is 1. The van der Waals surface area contributed by atoms with Gasteiger partial charge in [0.25, 0.3) is 15.7 Å². The lowest BCUT2D eigenvalue weighted by atomic mass is 9.87. The summed E-state index contributed by atoms with van der Waals surface area (Å²) in [5, 5.41) is 10.9. The van der Waals surface area contributed by atoms with Gasteiger partial charge < -0.3 is 4.74 Å². The molecule has 0 aliphatic carbocycles. The molecule has 0 radical (unpaired) electrons. The van der Waals surface area contributed by atoms with Crippen molar-refractivity contribution >= 4 is 21.4 Å². The van der Waals surface area contributed by atoms with Gasteiger partial charge in [0.15, 0.2) is 0 Å². The van der Waals surface area contributed by atoms with Gasteiger partial charge in [-0.3, -0.25) is 14.8 Å². The van der Waals surface area contributed by atoms with Gasteiger partial charge in [-0.2, -0.15) is 0 Å². The molecule has 0 aromatic heterocycles. The molecule has 0 aliphatic heterocycles. The molecule has 2 aromatic carbocycles. The first-order valence-corrected chi connectivity index (χ1v) is 8.99. The number of nitro groups is 1. The van der Waals surface area contributed by atoms with Crippen molar-refractivity contribution in [3.63, 3.8) is 0 Å². The van der Waals surface area contributed by atoms with Gasteiger partial charge in [0.1, 0.15) is 10.6 Å². The van der Waals surface area contributed by atoms with E-state index in [4.69, 9.17) is 4.74 Å². The molecule has 7 nitrogen and oxygen atoms in total. The maximum absolute atomic E-state index is 12.7. The van der Waals surface area contributed by atoms with Crippen LogP contribution in [0.25, 0.3) is 0 Å². The van der Waals surface area contributed by atoms with Crippen LogP contribution in [0.2, 0.25) is 0 Å². The molecule has 1 N–H and O–H groups in total. The summed E-state index contributed by atoms with van der Waals surface area (Å²) in [5.74, 6) is 0.0325. The second-order valence-corrected chi connectivity index (χ2v) is 8.18. The van der Waals surface area contributed by atoms with Crippen LogP contribution in [0, 0.1) is 10.1 Å². The van der Waals surface area contributed by atoms with Crippen molar-refractivity contribution in [2.75, 3.05) is 11.8 Å². The SMILES string of the molecule is COc1ccc([N+](=O)[O-])cc1S(=O)(=O)Nc1cccc(C(C)(C)C)c1. The van der Waals surface area contributed by atoms with Crippen LogP contribution in [0.3, 0.4) is 0 Å². The average molecular weight is 364 g/mol. The number of nitro benzene ring substituents is 1. The summed E-state index contributed by atoms with van der Waals surface area (Å²) in [4.78, 5) is 10.0. The van der Waals surface area contributed by atoms with Crippen molar-refractivity contribution in [1.82, 2.24) is 0 Å². The van der Waals surface area contributed by atoms with Gasteiger partial charge in [-0.25, -0.2) is 8.42 Å². The molecule has 2 aromatic rings. The van der Waals surface area contributed by atoms with Gasteiger partial charge in [0, 0.05) is 17.8 Å². The molecular formula is C17H20N2O5S. The number of benzene rings is 2. The average Bonchev–Trinajstić information content (AvgIpc) is 2.53. The summed E-state index contributed by atoms with van der Waals surface area (Å²) < 4.78 is 32.9. The summed E-state index contributed by atoms with van der Waals surface area (Å²) >= 11 is 0. The zero-order chi connectivity index (χ0) is 18.8. The van der Waals surface area contributed by atoms with E-state index in [0.717, 1.165) is 11.6 Å². The molecule has 8 heteroatoms. The number of anilines is 1. The van der Waals surface area contributed by atoms with E-state index in [1.54, 1.807) is 18.2 Å². The predicted octanol–water partition coefficient (Wildman–Crippen LogP) is 3.70. The highest BCUT2D eigenvalue weighted by Gasteiger charge is 2.24. The predicted molar refractivity (Wildman–Crippen MR) is 95.6 cm³/mol. The molecule has 0 fully saturated rings. The van der Waals surface area contributed by atoms with Gasteiger partial charge in [0.2, 0.25) is 0 Å². The summed E-state index contributed by atoms with van der Waals surface area (Å²) in [7, 11) is -2.75. The molecule has 0 saturated carbocycles. The number of nitrogens with zero attached hydrogens (tertiary/aromatic N) is 1. The second-order valence-electron chi connectivity index (χ2n) is 6.53. The Morgan fingerprint density at radius 1 is 1.12 bits per heavy atom. The fourth-order valence-corrected chi connectivity index (χ4v) is 3.49. The first kappa shape index (κ1) is 18.7. The number of nitrogens with one attached hydrogen (secondary N) is 1. The van der Waals surface area contributed by atoms with Crippen molar-refractivity contribution in [1.29, 1.82) is 0 Å². The third kappa shape index (κ3) is 4.27. The van der Waals surface area contributed by atoms with Crippen LogP contribution in [0.15, 0.2) is 47.4 Å². The number of methoxy groups -OCH3 is 1. The van der Waals surface area contributed by atoms with Crippen LogP contribution in [0.5, 0.6) is 5.75 Å². The molecule has 0 spiro atoms. The van der Waals surface area contributed by atoms with E-state index < -0.39 is 14.9 Å². The third-order valence-electron chi connectivity index (χ3n) is 3.63. The van der Waals surface area contributed by atoms with Crippen molar-refractivity contribution < 1.29 is 18.1 Å². The molecule has 0 bridgehead atoms. The second kappa shape index (κ2) is 6.72. The fraction of sp³-hybridized carbons (Fsp3) is 0.294. The number of hydrogen-bond acceptors (Lipinski definition) is 5. The monoisotopic (exact) mass is 364 g/mol. The molecular weight excluding hydrogens is 344 g/mol. The number of rotatable bonds is 5.